The number of ether oxygens (including phenoxy) is 4. The molecule has 1 aromatic heterocycles. The zero-order valence-corrected chi connectivity index (χ0v) is 19.2. The Morgan fingerprint density at radius 2 is 2.03 bits per heavy atom. The highest BCUT2D eigenvalue weighted by atomic mass is 17.3. The highest BCUT2D eigenvalue weighted by Gasteiger charge is 2.69. The molecule has 8 atom stereocenters. The molecule has 8 nitrogen and oxygen atoms in total. The first-order chi connectivity index (χ1) is 15.4. The first-order valence-corrected chi connectivity index (χ1v) is 11.8. The van der Waals surface area contributed by atoms with Crippen LogP contribution in [0.3, 0.4) is 0 Å². The fraction of sp³-hybridized carbons (Fsp3) is 0.750. The number of carbonyl (C=O) groups is 1. The highest BCUT2D eigenvalue weighted by molar-refractivity contribution is 5.87. The van der Waals surface area contributed by atoms with Gasteiger partial charge in [0.2, 0.25) is 5.79 Å². The van der Waals surface area contributed by atoms with E-state index in [0.717, 1.165) is 31.2 Å². The molecule has 4 saturated heterocycles. The van der Waals surface area contributed by atoms with Gasteiger partial charge in [0.1, 0.15) is 5.69 Å². The lowest BCUT2D eigenvalue weighted by molar-refractivity contribution is -0.577. The Bertz CT molecular complexity index is 847. The van der Waals surface area contributed by atoms with Crippen molar-refractivity contribution in [2.24, 2.45) is 23.7 Å². The number of esters is 1. The van der Waals surface area contributed by atoms with Gasteiger partial charge in [-0.3, -0.25) is 0 Å². The van der Waals surface area contributed by atoms with Crippen molar-refractivity contribution in [2.45, 2.75) is 84.0 Å². The third-order valence-electron chi connectivity index (χ3n) is 7.82. The zero-order chi connectivity index (χ0) is 22.5. The molecule has 8 heteroatoms. The van der Waals surface area contributed by atoms with Crippen molar-refractivity contribution >= 4 is 5.97 Å². The molecule has 5 aliphatic rings. The second-order valence-corrected chi connectivity index (χ2v) is 9.86. The Kier molecular flexibility index (Phi) is 5.78. The van der Waals surface area contributed by atoms with Crippen molar-refractivity contribution in [3.8, 4) is 0 Å². The van der Waals surface area contributed by atoms with Gasteiger partial charge in [-0.1, -0.05) is 19.9 Å². The van der Waals surface area contributed by atoms with E-state index in [1.54, 1.807) is 19.2 Å². The number of pyridine rings is 1. The van der Waals surface area contributed by atoms with Crippen LogP contribution in [0, 0.1) is 23.7 Å². The number of nitrogens with zero attached hydrogens (tertiary/aromatic N) is 1. The Morgan fingerprint density at radius 3 is 2.78 bits per heavy atom. The smallest absolute Gasteiger partial charge is 0.356 e. The molecule has 1 saturated carbocycles. The minimum absolute atomic E-state index is 0.114. The van der Waals surface area contributed by atoms with E-state index < -0.39 is 29.9 Å². The fourth-order valence-electron chi connectivity index (χ4n) is 6.08. The fourth-order valence-corrected chi connectivity index (χ4v) is 6.08. The van der Waals surface area contributed by atoms with E-state index in [0.29, 0.717) is 25.0 Å². The largest absolute Gasteiger partial charge is 0.461 e. The van der Waals surface area contributed by atoms with Gasteiger partial charge < -0.3 is 18.9 Å². The third-order valence-corrected chi connectivity index (χ3v) is 7.82. The van der Waals surface area contributed by atoms with Crippen LogP contribution >= 0.6 is 0 Å². The summed E-state index contributed by atoms with van der Waals surface area (Å²) >= 11 is 0. The van der Waals surface area contributed by atoms with E-state index in [4.69, 9.17) is 28.7 Å². The van der Waals surface area contributed by atoms with Crippen LogP contribution in [-0.2, 0) is 35.3 Å². The van der Waals surface area contributed by atoms with Gasteiger partial charge in [-0.15, -0.1) is 0 Å². The maximum atomic E-state index is 11.8. The summed E-state index contributed by atoms with van der Waals surface area (Å²) < 4.78 is 24.0. The Balaban J connectivity index is 1.32. The van der Waals surface area contributed by atoms with Crippen LogP contribution in [0.1, 0.15) is 69.4 Å². The molecule has 1 aromatic rings. The summed E-state index contributed by atoms with van der Waals surface area (Å²) in [6, 6.07) is 3.48. The molecule has 176 valence electrons. The molecule has 6 rings (SSSR count). The monoisotopic (exact) mass is 447 g/mol. The van der Waals surface area contributed by atoms with Crippen molar-refractivity contribution < 1.29 is 33.5 Å². The van der Waals surface area contributed by atoms with Gasteiger partial charge in [0.15, 0.2) is 18.2 Å². The topological polar surface area (TPSA) is 85.3 Å². The zero-order valence-electron chi connectivity index (χ0n) is 19.2. The van der Waals surface area contributed by atoms with E-state index in [1.807, 2.05) is 13.0 Å². The van der Waals surface area contributed by atoms with E-state index in [-0.39, 0.29) is 17.5 Å². The van der Waals surface area contributed by atoms with Crippen molar-refractivity contribution in [2.75, 3.05) is 6.61 Å². The number of aromatic nitrogens is 1. The van der Waals surface area contributed by atoms with E-state index >= 15 is 0 Å². The van der Waals surface area contributed by atoms with Crippen molar-refractivity contribution in [1.29, 1.82) is 0 Å². The van der Waals surface area contributed by atoms with Crippen LogP contribution in [0.15, 0.2) is 18.3 Å². The molecule has 2 bridgehead atoms. The average molecular weight is 448 g/mol. The standard InChI is InChI=1S/C24H33NO7/c1-5-27-20(26)19-9-7-16(12-25-19)13-28-21-15(3)18-8-6-14(2)17-10-11-23(4)30-22(29-21)24(17,18)32-31-23/h7,9,12,14-15,17-18,21-22H,5-6,8,10-11,13H2,1-4H3/t14-,15-,17+,18?,21+,22-,23-,24-/m1/s1. The van der Waals surface area contributed by atoms with Crippen LogP contribution < -0.4 is 0 Å². The van der Waals surface area contributed by atoms with E-state index in [2.05, 4.69) is 18.8 Å². The average Bonchev–Trinajstić information content (AvgIpc) is 3.01. The molecule has 0 N–H and O–H groups in total. The Morgan fingerprint density at radius 1 is 1.19 bits per heavy atom. The van der Waals surface area contributed by atoms with Crippen molar-refractivity contribution in [3.63, 3.8) is 0 Å². The van der Waals surface area contributed by atoms with Crippen LogP contribution in [0.2, 0.25) is 0 Å². The quantitative estimate of drug-likeness (QED) is 0.495. The minimum atomic E-state index is -0.796. The lowest BCUT2D eigenvalue weighted by Gasteiger charge is -2.60. The molecule has 0 aromatic carbocycles. The maximum absolute atomic E-state index is 11.8. The summed E-state index contributed by atoms with van der Waals surface area (Å²) in [5.41, 5.74) is 0.560. The van der Waals surface area contributed by atoms with Crippen molar-refractivity contribution in [1.82, 2.24) is 4.98 Å². The lowest BCUT2D eigenvalue weighted by Crippen LogP contribution is -2.70. The van der Waals surface area contributed by atoms with Crippen molar-refractivity contribution in [3.05, 3.63) is 29.6 Å². The Hall–Kier alpha value is -1.58. The minimum Gasteiger partial charge on any atom is -0.461 e. The van der Waals surface area contributed by atoms with Crippen LogP contribution in [0.5, 0.6) is 0 Å². The molecule has 5 heterocycles. The number of fused-ring (bicyclic) bond motifs is 2. The maximum Gasteiger partial charge on any atom is 0.356 e. The first kappa shape index (κ1) is 22.2. The van der Waals surface area contributed by atoms with Gasteiger partial charge >= 0.3 is 5.97 Å². The SMILES string of the molecule is CCOC(=O)c1ccc(CO[C@H]2O[C@@H]3O[C@@]4(C)CC[C@H]5[C@H](C)CCC([C@H]2C)[C@@]35OO4)cn1. The summed E-state index contributed by atoms with van der Waals surface area (Å²) in [6.45, 7) is 8.80. The molecule has 32 heavy (non-hydrogen) atoms. The molecular formula is C24H33NO7. The van der Waals surface area contributed by atoms with Gasteiger partial charge in [-0.05, 0) is 56.6 Å². The summed E-state index contributed by atoms with van der Waals surface area (Å²) in [5.74, 6) is -0.0265. The summed E-state index contributed by atoms with van der Waals surface area (Å²) in [5, 5.41) is 0. The van der Waals surface area contributed by atoms with Crippen LogP contribution in [0.4, 0.5) is 0 Å². The summed E-state index contributed by atoms with van der Waals surface area (Å²) in [6.07, 6.45) is 4.66. The predicted octanol–water partition coefficient (Wildman–Crippen LogP) is 3.98. The van der Waals surface area contributed by atoms with Gasteiger partial charge in [0, 0.05) is 24.5 Å². The molecule has 1 aliphatic carbocycles. The second-order valence-electron chi connectivity index (χ2n) is 9.86. The molecule has 0 amide bonds. The van der Waals surface area contributed by atoms with Gasteiger partial charge in [-0.2, -0.15) is 0 Å². The molecule has 1 unspecified atom stereocenters. The van der Waals surface area contributed by atoms with Gasteiger partial charge in [-0.25, -0.2) is 19.6 Å². The van der Waals surface area contributed by atoms with Crippen LogP contribution in [0.25, 0.3) is 0 Å². The summed E-state index contributed by atoms with van der Waals surface area (Å²) in [4.78, 5) is 28.0. The number of carbonyl (C=O) groups excluding carboxylic acids is 1. The highest BCUT2D eigenvalue weighted by Crippen LogP contribution is 2.60. The third kappa shape index (κ3) is 3.56. The second kappa shape index (κ2) is 8.33. The molecule has 4 aliphatic heterocycles. The van der Waals surface area contributed by atoms with Crippen LogP contribution in [-0.4, -0.2) is 41.5 Å². The molecule has 0 radical (unpaired) electrons. The number of hydrogen-bond acceptors (Lipinski definition) is 8. The lowest BCUT2D eigenvalue weighted by atomic mass is 9.58. The first-order valence-electron chi connectivity index (χ1n) is 11.8. The van der Waals surface area contributed by atoms with Gasteiger partial charge in [0.05, 0.1) is 13.2 Å². The number of rotatable bonds is 5. The normalized spacial score (nSPS) is 42.8. The number of hydrogen-bond donors (Lipinski definition) is 0. The summed E-state index contributed by atoms with van der Waals surface area (Å²) in [7, 11) is 0. The predicted molar refractivity (Wildman–Crippen MR) is 112 cm³/mol. The van der Waals surface area contributed by atoms with E-state index in [9.17, 15) is 4.79 Å². The molecule has 1 spiro atoms. The molecule has 5 fully saturated rings. The van der Waals surface area contributed by atoms with Gasteiger partial charge in [0.25, 0.3) is 0 Å². The van der Waals surface area contributed by atoms with E-state index in [1.165, 1.54) is 0 Å². The molecular weight excluding hydrogens is 414 g/mol. The Labute approximate surface area is 188 Å².